The summed E-state index contributed by atoms with van der Waals surface area (Å²) in [7, 11) is 0. The number of fused-ring (bicyclic) bond motifs is 2. The molecule has 0 saturated carbocycles. The van der Waals surface area contributed by atoms with Crippen molar-refractivity contribution in [2.75, 3.05) is 6.61 Å². The lowest BCUT2D eigenvalue weighted by Gasteiger charge is -2.33. The monoisotopic (exact) mass is 318 g/mol. The van der Waals surface area contributed by atoms with Crippen LogP contribution in [0, 0.1) is 57.7 Å². The van der Waals surface area contributed by atoms with E-state index >= 15 is 0 Å². The minimum absolute atomic E-state index is 0.0376. The average molecular weight is 318 g/mol. The number of hydrogen-bond acceptors (Lipinski definition) is 4. The normalized spacial score (nSPS) is 23.6. The number of carbonyl (C=O) groups is 1. The molecular formula is C20H18N2O2. The molecule has 0 unspecified atom stereocenters. The Balaban J connectivity index is 2.29. The summed E-state index contributed by atoms with van der Waals surface area (Å²) in [5, 5.41) is 19.4. The van der Waals surface area contributed by atoms with E-state index in [2.05, 4.69) is 48.4 Å². The number of ether oxygens (including phenoxy) is 1. The van der Waals surface area contributed by atoms with E-state index in [9.17, 15) is 15.3 Å². The maximum atomic E-state index is 10.7. The molecule has 120 valence electrons. The van der Waals surface area contributed by atoms with Gasteiger partial charge in [-0.1, -0.05) is 36.6 Å². The summed E-state index contributed by atoms with van der Waals surface area (Å²) in [6.45, 7) is 4.90. The van der Waals surface area contributed by atoms with Crippen molar-refractivity contribution in [1.29, 1.82) is 10.5 Å². The molecule has 0 spiro atoms. The number of rotatable bonds is 4. The predicted octanol–water partition coefficient (Wildman–Crippen LogP) is 3.07. The molecule has 0 aromatic carbocycles. The number of allylic oxidation sites excluding steroid dienone is 5. The van der Waals surface area contributed by atoms with Gasteiger partial charge in [0, 0.05) is 19.3 Å². The first kappa shape index (κ1) is 17.4. The van der Waals surface area contributed by atoms with E-state index in [1.165, 1.54) is 6.92 Å². The van der Waals surface area contributed by atoms with Crippen LogP contribution >= 0.6 is 0 Å². The zero-order valence-electron chi connectivity index (χ0n) is 13.6. The molecule has 0 aromatic heterocycles. The van der Waals surface area contributed by atoms with Crippen molar-refractivity contribution in [3.63, 3.8) is 0 Å². The van der Waals surface area contributed by atoms with Gasteiger partial charge in [-0.15, -0.1) is 5.73 Å². The molecule has 2 aliphatic rings. The zero-order valence-corrected chi connectivity index (χ0v) is 13.6. The van der Waals surface area contributed by atoms with E-state index < -0.39 is 11.4 Å². The van der Waals surface area contributed by atoms with Crippen molar-refractivity contribution in [2.24, 2.45) is 23.2 Å². The Labute approximate surface area is 142 Å². The summed E-state index contributed by atoms with van der Waals surface area (Å²) in [6.07, 6.45) is 9.16. The van der Waals surface area contributed by atoms with Crippen molar-refractivity contribution in [3.05, 3.63) is 42.2 Å². The molecule has 4 nitrogen and oxygen atoms in total. The van der Waals surface area contributed by atoms with E-state index in [0.717, 1.165) is 12.0 Å². The first-order chi connectivity index (χ1) is 11.6. The molecule has 0 radical (unpaired) electrons. The third kappa shape index (κ3) is 3.49. The topological polar surface area (TPSA) is 73.9 Å². The lowest BCUT2D eigenvalue weighted by Crippen LogP contribution is -2.30. The molecule has 0 fully saturated rings. The zero-order chi connectivity index (χ0) is 17.6. The number of nitrogens with zero attached hydrogens (tertiary/aromatic N) is 2. The molecule has 2 bridgehead atoms. The van der Waals surface area contributed by atoms with Gasteiger partial charge in [0.2, 0.25) is 0 Å². The fourth-order valence-electron chi connectivity index (χ4n) is 3.21. The van der Waals surface area contributed by atoms with E-state index in [-0.39, 0.29) is 30.8 Å². The highest BCUT2D eigenvalue weighted by molar-refractivity contribution is 5.66. The van der Waals surface area contributed by atoms with Gasteiger partial charge in [-0.2, -0.15) is 10.5 Å². The Morgan fingerprint density at radius 1 is 1.42 bits per heavy atom. The Bertz CT molecular complexity index is 759. The molecule has 0 aliphatic heterocycles. The molecule has 0 saturated heterocycles. The maximum Gasteiger partial charge on any atom is 0.303 e. The molecule has 2 aliphatic carbocycles. The van der Waals surface area contributed by atoms with E-state index in [1.807, 2.05) is 12.2 Å². The summed E-state index contributed by atoms with van der Waals surface area (Å²) in [5.74, 6) is 5.55. The van der Waals surface area contributed by atoms with Crippen molar-refractivity contribution in [3.8, 4) is 24.0 Å². The Kier molecular flexibility index (Phi) is 5.44. The third-order valence-corrected chi connectivity index (χ3v) is 4.36. The van der Waals surface area contributed by atoms with E-state index in [0.29, 0.717) is 0 Å². The first-order valence-corrected chi connectivity index (χ1v) is 7.74. The second-order valence-electron chi connectivity index (χ2n) is 5.91. The van der Waals surface area contributed by atoms with Crippen LogP contribution in [-0.4, -0.2) is 12.6 Å². The predicted molar refractivity (Wildman–Crippen MR) is 88.7 cm³/mol. The molecule has 2 rings (SSSR count). The SMILES string of the molecule is C=C=C[C@@H]1C(C(C#N)(C#N)CC#CCOC(C)=O)=C[C@H]2C=C[C@@H]1C2. The molecule has 0 amide bonds. The van der Waals surface area contributed by atoms with Crippen LogP contribution in [-0.2, 0) is 9.53 Å². The van der Waals surface area contributed by atoms with Crippen LogP contribution in [0.4, 0.5) is 0 Å². The lowest BCUT2D eigenvalue weighted by molar-refractivity contribution is -0.139. The van der Waals surface area contributed by atoms with E-state index in [4.69, 9.17) is 4.74 Å². The van der Waals surface area contributed by atoms with Gasteiger partial charge in [-0.3, -0.25) is 4.79 Å². The van der Waals surface area contributed by atoms with Crippen molar-refractivity contribution in [1.82, 2.24) is 0 Å². The Morgan fingerprint density at radius 3 is 2.79 bits per heavy atom. The highest BCUT2D eigenvalue weighted by atomic mass is 16.5. The smallest absolute Gasteiger partial charge is 0.303 e. The number of hydrogen-bond donors (Lipinski definition) is 0. The molecule has 0 aromatic rings. The minimum atomic E-state index is -1.32. The van der Waals surface area contributed by atoms with Gasteiger partial charge in [-0.05, 0) is 29.9 Å². The van der Waals surface area contributed by atoms with Crippen LogP contribution in [0.5, 0.6) is 0 Å². The number of carbonyl (C=O) groups excluding carboxylic acids is 1. The number of esters is 1. The highest BCUT2D eigenvalue weighted by Crippen LogP contribution is 2.48. The third-order valence-electron chi connectivity index (χ3n) is 4.36. The maximum absolute atomic E-state index is 10.7. The van der Waals surface area contributed by atoms with Crippen LogP contribution in [0.2, 0.25) is 0 Å². The largest absolute Gasteiger partial charge is 0.453 e. The van der Waals surface area contributed by atoms with Crippen molar-refractivity contribution < 1.29 is 9.53 Å². The summed E-state index contributed by atoms with van der Waals surface area (Å²) in [5.41, 5.74) is 2.26. The van der Waals surface area contributed by atoms with Crippen molar-refractivity contribution in [2.45, 2.75) is 19.8 Å². The number of nitriles is 2. The first-order valence-electron chi connectivity index (χ1n) is 7.74. The average Bonchev–Trinajstić information content (AvgIpc) is 2.96. The summed E-state index contributed by atoms with van der Waals surface area (Å²) >= 11 is 0. The van der Waals surface area contributed by atoms with Crippen molar-refractivity contribution >= 4 is 5.97 Å². The van der Waals surface area contributed by atoms with Crippen LogP contribution in [0.15, 0.2) is 42.2 Å². The molecule has 0 N–H and O–H groups in total. The minimum Gasteiger partial charge on any atom is -0.453 e. The molecule has 3 atom stereocenters. The summed E-state index contributed by atoms with van der Waals surface area (Å²) in [4.78, 5) is 10.7. The second-order valence-corrected chi connectivity index (χ2v) is 5.91. The molecular weight excluding hydrogens is 300 g/mol. The molecule has 0 heterocycles. The Hall–Kier alpha value is -2.99. The Morgan fingerprint density at radius 2 is 2.17 bits per heavy atom. The molecule has 4 heteroatoms. The van der Waals surface area contributed by atoms with Gasteiger partial charge in [0.05, 0.1) is 12.1 Å². The van der Waals surface area contributed by atoms with Gasteiger partial charge in [-0.25, -0.2) is 0 Å². The van der Waals surface area contributed by atoms with Gasteiger partial charge < -0.3 is 4.74 Å². The van der Waals surface area contributed by atoms with Gasteiger partial charge >= 0.3 is 5.97 Å². The van der Waals surface area contributed by atoms with E-state index in [1.54, 1.807) is 0 Å². The highest BCUT2D eigenvalue weighted by Gasteiger charge is 2.43. The van der Waals surface area contributed by atoms with Crippen LogP contribution < -0.4 is 0 Å². The van der Waals surface area contributed by atoms with Gasteiger partial charge in [0.1, 0.15) is 0 Å². The lowest BCUT2D eigenvalue weighted by atomic mass is 9.66. The fraction of sp³-hybridized carbons (Fsp3) is 0.400. The van der Waals surface area contributed by atoms with Crippen LogP contribution in [0.1, 0.15) is 19.8 Å². The summed E-state index contributed by atoms with van der Waals surface area (Å²) < 4.78 is 4.75. The van der Waals surface area contributed by atoms with Gasteiger partial charge in [0.25, 0.3) is 0 Å². The summed E-state index contributed by atoms with van der Waals surface area (Å²) in [6, 6.07) is 4.31. The fourth-order valence-corrected chi connectivity index (χ4v) is 3.21. The molecule has 24 heavy (non-hydrogen) atoms. The van der Waals surface area contributed by atoms with Crippen LogP contribution in [0.3, 0.4) is 0 Å². The van der Waals surface area contributed by atoms with Gasteiger partial charge in [0.15, 0.2) is 12.0 Å². The quantitative estimate of drug-likeness (QED) is 0.345. The standard InChI is InChI=1S/C20H18N2O2/c1-3-6-18-17-8-7-16(11-17)12-19(18)20(13-21,14-22)9-4-5-10-24-15(2)23/h6-8,12,16-18H,1,9-11H2,2H3/t16-,17+,18-/m0/s1. The van der Waals surface area contributed by atoms with Crippen LogP contribution in [0.25, 0.3) is 0 Å². The second kappa shape index (κ2) is 7.52.